The second-order valence-corrected chi connectivity index (χ2v) is 6.63. The predicted octanol–water partition coefficient (Wildman–Crippen LogP) is 4.09. The van der Waals surface area contributed by atoms with Crippen LogP contribution in [-0.2, 0) is 13.1 Å². The molecule has 0 aliphatic heterocycles. The summed E-state index contributed by atoms with van der Waals surface area (Å²) in [7, 11) is 0. The predicted molar refractivity (Wildman–Crippen MR) is 87.0 cm³/mol. The molecule has 3 nitrogen and oxygen atoms in total. The molecular weight excluding hydrogens is 338 g/mol. The Kier molecular flexibility index (Phi) is 5.64. The van der Waals surface area contributed by atoms with E-state index >= 15 is 0 Å². The molecule has 0 radical (unpaired) electrons. The van der Waals surface area contributed by atoms with Crippen molar-refractivity contribution in [2.75, 3.05) is 6.54 Å². The van der Waals surface area contributed by atoms with E-state index in [1.807, 2.05) is 29.1 Å². The summed E-state index contributed by atoms with van der Waals surface area (Å²) >= 11 is 9.63. The second-order valence-electron chi connectivity index (χ2n) is 5.31. The molecule has 0 atom stereocenters. The van der Waals surface area contributed by atoms with Crippen molar-refractivity contribution in [3.8, 4) is 0 Å². The monoisotopic (exact) mass is 355 g/mol. The van der Waals surface area contributed by atoms with Crippen LogP contribution in [0, 0.1) is 5.92 Å². The van der Waals surface area contributed by atoms with Gasteiger partial charge in [-0.05, 0) is 30.2 Å². The zero-order valence-corrected chi connectivity index (χ0v) is 14.1. The Hall–Kier alpha value is -0.840. The Balaban J connectivity index is 1.95. The number of nitrogens with zero attached hydrogens (tertiary/aromatic N) is 2. The molecule has 0 saturated heterocycles. The first-order valence-electron chi connectivity index (χ1n) is 6.70. The van der Waals surface area contributed by atoms with Gasteiger partial charge in [0.25, 0.3) is 0 Å². The lowest BCUT2D eigenvalue weighted by Gasteiger charge is -2.06. The largest absolute Gasteiger partial charge is 0.312 e. The fourth-order valence-corrected chi connectivity index (χ4v) is 2.65. The maximum Gasteiger partial charge on any atom is 0.0674 e. The van der Waals surface area contributed by atoms with E-state index in [0.717, 1.165) is 28.1 Å². The minimum Gasteiger partial charge on any atom is -0.312 e. The molecule has 1 heterocycles. The topological polar surface area (TPSA) is 29.9 Å². The third-order valence-corrected chi connectivity index (χ3v) is 3.76. The number of hydrogen-bond donors (Lipinski definition) is 1. The zero-order valence-electron chi connectivity index (χ0n) is 11.7. The van der Waals surface area contributed by atoms with Crippen molar-refractivity contribution in [3.63, 3.8) is 0 Å². The molecule has 0 aliphatic rings. The molecule has 0 saturated carbocycles. The van der Waals surface area contributed by atoms with E-state index < -0.39 is 0 Å². The molecule has 0 aliphatic carbocycles. The number of hydrogen-bond acceptors (Lipinski definition) is 2. The van der Waals surface area contributed by atoms with Crippen LogP contribution < -0.4 is 5.32 Å². The van der Waals surface area contributed by atoms with Gasteiger partial charge in [0.1, 0.15) is 0 Å². The highest BCUT2D eigenvalue weighted by atomic mass is 79.9. The van der Waals surface area contributed by atoms with E-state index in [9.17, 15) is 0 Å². The number of nitrogens with one attached hydrogen (secondary N) is 1. The number of rotatable bonds is 6. The molecule has 0 spiro atoms. The Bertz CT molecular complexity index is 566. The van der Waals surface area contributed by atoms with Gasteiger partial charge in [0, 0.05) is 27.8 Å². The molecule has 2 aromatic rings. The molecule has 108 valence electrons. The minimum absolute atomic E-state index is 0.659. The fraction of sp³-hybridized carbons (Fsp3) is 0.400. The van der Waals surface area contributed by atoms with Gasteiger partial charge in [-0.1, -0.05) is 47.4 Å². The van der Waals surface area contributed by atoms with Crippen LogP contribution in [0.5, 0.6) is 0 Å². The first-order valence-corrected chi connectivity index (χ1v) is 7.87. The maximum atomic E-state index is 6.22. The van der Waals surface area contributed by atoms with Crippen molar-refractivity contribution in [1.82, 2.24) is 15.1 Å². The van der Waals surface area contributed by atoms with Crippen molar-refractivity contribution in [2.24, 2.45) is 5.92 Å². The molecule has 0 fully saturated rings. The van der Waals surface area contributed by atoms with Gasteiger partial charge < -0.3 is 5.32 Å². The van der Waals surface area contributed by atoms with Crippen molar-refractivity contribution in [1.29, 1.82) is 0 Å². The lowest BCUT2D eigenvalue weighted by atomic mass is 10.2. The van der Waals surface area contributed by atoms with Crippen LogP contribution in [0.4, 0.5) is 0 Å². The third-order valence-electron chi connectivity index (χ3n) is 2.92. The van der Waals surface area contributed by atoms with E-state index in [4.69, 9.17) is 11.6 Å². The van der Waals surface area contributed by atoms with Gasteiger partial charge in [-0.3, -0.25) is 4.68 Å². The average molecular weight is 357 g/mol. The molecule has 20 heavy (non-hydrogen) atoms. The van der Waals surface area contributed by atoms with Crippen LogP contribution in [0.15, 0.2) is 35.1 Å². The zero-order chi connectivity index (χ0) is 14.5. The number of aromatic nitrogens is 2. The normalized spacial score (nSPS) is 11.2. The molecule has 0 bridgehead atoms. The first-order chi connectivity index (χ1) is 9.54. The Morgan fingerprint density at radius 1 is 1.40 bits per heavy atom. The number of benzene rings is 1. The third kappa shape index (κ3) is 4.62. The minimum atomic E-state index is 0.659. The maximum absolute atomic E-state index is 6.22. The van der Waals surface area contributed by atoms with Crippen LogP contribution in [-0.4, -0.2) is 16.3 Å². The standard InChI is InChI=1S/C15H19BrClN3/c1-11(2)6-18-7-12-8-19-20(9-12)10-13-3-4-14(16)5-15(13)17/h3-5,8-9,11,18H,6-7,10H2,1-2H3. The SMILES string of the molecule is CC(C)CNCc1cnn(Cc2ccc(Br)cc2Cl)c1. The summed E-state index contributed by atoms with van der Waals surface area (Å²) in [5.41, 5.74) is 2.26. The van der Waals surface area contributed by atoms with Crippen LogP contribution in [0.1, 0.15) is 25.0 Å². The van der Waals surface area contributed by atoms with Gasteiger partial charge in [0.05, 0.1) is 12.7 Å². The van der Waals surface area contributed by atoms with E-state index in [0.29, 0.717) is 12.5 Å². The summed E-state index contributed by atoms with van der Waals surface area (Å²) in [5, 5.41) is 8.55. The molecule has 5 heteroatoms. The molecule has 1 aromatic heterocycles. The van der Waals surface area contributed by atoms with Crippen molar-refractivity contribution >= 4 is 27.5 Å². The Morgan fingerprint density at radius 2 is 2.20 bits per heavy atom. The highest BCUT2D eigenvalue weighted by molar-refractivity contribution is 9.10. The van der Waals surface area contributed by atoms with Gasteiger partial charge in [0.2, 0.25) is 0 Å². The van der Waals surface area contributed by atoms with Gasteiger partial charge in [-0.15, -0.1) is 0 Å². The van der Waals surface area contributed by atoms with Gasteiger partial charge >= 0.3 is 0 Å². The highest BCUT2D eigenvalue weighted by Crippen LogP contribution is 2.22. The van der Waals surface area contributed by atoms with E-state index in [-0.39, 0.29) is 0 Å². The smallest absolute Gasteiger partial charge is 0.0674 e. The Labute approximate surface area is 133 Å². The van der Waals surface area contributed by atoms with Crippen molar-refractivity contribution in [2.45, 2.75) is 26.9 Å². The van der Waals surface area contributed by atoms with Crippen LogP contribution in [0.2, 0.25) is 5.02 Å². The molecule has 1 N–H and O–H groups in total. The summed E-state index contributed by atoms with van der Waals surface area (Å²) in [6.07, 6.45) is 3.96. The summed E-state index contributed by atoms with van der Waals surface area (Å²) < 4.78 is 2.91. The number of halogens is 2. The summed E-state index contributed by atoms with van der Waals surface area (Å²) in [4.78, 5) is 0. The molecule has 2 rings (SSSR count). The highest BCUT2D eigenvalue weighted by Gasteiger charge is 2.04. The lowest BCUT2D eigenvalue weighted by Crippen LogP contribution is -2.18. The molecule has 1 aromatic carbocycles. The van der Waals surface area contributed by atoms with E-state index in [2.05, 4.69) is 46.4 Å². The summed E-state index contributed by atoms with van der Waals surface area (Å²) in [6, 6.07) is 5.92. The fourth-order valence-electron chi connectivity index (χ4n) is 1.91. The Morgan fingerprint density at radius 3 is 2.90 bits per heavy atom. The van der Waals surface area contributed by atoms with Gasteiger partial charge in [-0.25, -0.2) is 0 Å². The second kappa shape index (κ2) is 7.25. The van der Waals surface area contributed by atoms with Gasteiger partial charge in [0.15, 0.2) is 0 Å². The van der Waals surface area contributed by atoms with Crippen LogP contribution >= 0.6 is 27.5 Å². The summed E-state index contributed by atoms with van der Waals surface area (Å²) in [6.45, 7) is 6.96. The first kappa shape index (κ1) is 15.5. The van der Waals surface area contributed by atoms with E-state index in [1.165, 1.54) is 5.56 Å². The molecule has 0 unspecified atom stereocenters. The molecule has 0 amide bonds. The lowest BCUT2D eigenvalue weighted by molar-refractivity contribution is 0.552. The van der Waals surface area contributed by atoms with Crippen LogP contribution in [0.3, 0.4) is 0 Å². The average Bonchev–Trinajstić information content (AvgIpc) is 2.80. The summed E-state index contributed by atoms with van der Waals surface area (Å²) in [5.74, 6) is 0.659. The van der Waals surface area contributed by atoms with Crippen molar-refractivity contribution < 1.29 is 0 Å². The van der Waals surface area contributed by atoms with Crippen molar-refractivity contribution in [3.05, 3.63) is 51.2 Å². The quantitative estimate of drug-likeness (QED) is 0.844. The van der Waals surface area contributed by atoms with Crippen LogP contribution in [0.25, 0.3) is 0 Å². The molecular formula is C15H19BrClN3. The van der Waals surface area contributed by atoms with E-state index in [1.54, 1.807) is 0 Å². The van der Waals surface area contributed by atoms with Gasteiger partial charge in [-0.2, -0.15) is 5.10 Å².